The predicted octanol–water partition coefficient (Wildman–Crippen LogP) is -0.540. The summed E-state index contributed by atoms with van der Waals surface area (Å²) >= 11 is 0. The van der Waals surface area contributed by atoms with Crippen LogP contribution >= 0.6 is 0 Å². The van der Waals surface area contributed by atoms with Crippen LogP contribution in [0.4, 0.5) is 5.69 Å². The lowest BCUT2D eigenvalue weighted by Crippen LogP contribution is -2.49. The van der Waals surface area contributed by atoms with Crippen LogP contribution in [0.3, 0.4) is 0 Å². The predicted molar refractivity (Wildman–Crippen MR) is 95.1 cm³/mol. The second kappa shape index (κ2) is 7.55. The number of nitrogens with one attached hydrogen (secondary N) is 2. The highest BCUT2D eigenvalue weighted by Crippen LogP contribution is 2.38. The molecule has 4 atom stereocenters. The summed E-state index contributed by atoms with van der Waals surface area (Å²) in [5.41, 5.74) is 1.24. The number of carbonyl (C=O) groups is 1. The highest BCUT2D eigenvalue weighted by Gasteiger charge is 2.31. The normalized spacial score (nSPS) is 19.5. The Labute approximate surface area is 150 Å². The molecule has 0 radical (unpaired) electrons. The molecule has 1 aromatic carbocycles. The van der Waals surface area contributed by atoms with E-state index in [9.17, 15) is 24.9 Å². The minimum absolute atomic E-state index is 0.188. The molecule has 0 aliphatic heterocycles. The lowest BCUT2D eigenvalue weighted by atomic mass is 10.0. The van der Waals surface area contributed by atoms with E-state index in [0.29, 0.717) is 16.7 Å². The van der Waals surface area contributed by atoms with Crippen molar-refractivity contribution in [3.05, 3.63) is 40.2 Å². The first-order valence-electron chi connectivity index (χ1n) is 8.87. The van der Waals surface area contributed by atoms with Crippen LogP contribution in [0.5, 0.6) is 0 Å². The second-order valence-corrected chi connectivity index (χ2v) is 6.59. The van der Waals surface area contributed by atoms with Crippen molar-refractivity contribution in [3.8, 4) is 0 Å². The molecule has 0 unspecified atom stereocenters. The number of benzene rings is 1. The second-order valence-electron chi connectivity index (χ2n) is 6.59. The number of anilines is 1. The number of hydrogen-bond donors (Lipinski definition) is 6. The summed E-state index contributed by atoms with van der Waals surface area (Å²) in [4.78, 5) is 26.4. The molecule has 1 saturated carbocycles. The first kappa shape index (κ1) is 17.2. The highest BCUT2D eigenvalue weighted by molar-refractivity contribution is 5.83. The number of rotatable bonds is 8. The number of aliphatic hydroxyl groups is 4. The lowest BCUT2D eigenvalue weighted by molar-refractivity contribution is -0.117. The SMILES string of the molecule is [2H]N(c1ccc2cc(C3CC3)c(=O)[nH]c2c1)[C@@H](C=O)[C@@H](O)[C@H](O)[C@H](O)CO. The van der Waals surface area contributed by atoms with Crippen molar-refractivity contribution >= 4 is 22.9 Å². The molecular weight excluding hydrogens is 340 g/mol. The molecule has 0 saturated heterocycles. The number of pyridine rings is 1. The summed E-state index contributed by atoms with van der Waals surface area (Å²) in [5.74, 6) is 0.291. The van der Waals surface area contributed by atoms with E-state index >= 15 is 0 Å². The van der Waals surface area contributed by atoms with E-state index in [-0.39, 0.29) is 17.5 Å². The average molecular weight is 363 g/mol. The van der Waals surface area contributed by atoms with Gasteiger partial charge in [0.25, 0.3) is 5.56 Å². The molecule has 8 heteroatoms. The summed E-state index contributed by atoms with van der Waals surface area (Å²) in [6.45, 7) is -0.803. The van der Waals surface area contributed by atoms with Crippen molar-refractivity contribution in [2.75, 3.05) is 11.9 Å². The smallest absolute Gasteiger partial charge is 0.251 e. The Kier molecular flexibility index (Phi) is 4.98. The fraction of sp³-hybridized carbons (Fsp3) is 0.444. The number of aldehydes is 1. The zero-order chi connectivity index (χ0) is 19.7. The Hall–Kier alpha value is -2.26. The molecule has 1 aromatic heterocycles. The van der Waals surface area contributed by atoms with Gasteiger partial charge in [-0.1, -0.05) is 6.07 Å². The number of fused-ring (bicyclic) bond motifs is 1. The number of hydrogen-bond acceptors (Lipinski definition) is 7. The van der Waals surface area contributed by atoms with Crippen molar-refractivity contribution < 1.29 is 26.6 Å². The van der Waals surface area contributed by atoms with Crippen molar-refractivity contribution in [2.24, 2.45) is 0 Å². The van der Waals surface area contributed by atoms with Crippen molar-refractivity contribution in [3.63, 3.8) is 0 Å². The summed E-state index contributed by atoms with van der Waals surface area (Å²) in [7, 11) is 0. The van der Waals surface area contributed by atoms with Gasteiger partial charge in [0.15, 0.2) is 1.41 Å². The molecule has 140 valence electrons. The van der Waals surface area contributed by atoms with Gasteiger partial charge < -0.3 is 35.5 Å². The summed E-state index contributed by atoms with van der Waals surface area (Å²) in [6, 6.07) is 5.08. The number of H-pyrrole nitrogens is 1. The van der Waals surface area contributed by atoms with Gasteiger partial charge >= 0.3 is 0 Å². The number of aromatic nitrogens is 1. The van der Waals surface area contributed by atoms with E-state index in [2.05, 4.69) is 4.98 Å². The van der Waals surface area contributed by atoms with Gasteiger partial charge in [-0.05, 0) is 42.3 Å². The molecule has 2 aromatic rings. The third kappa shape index (κ3) is 3.78. The molecule has 0 amide bonds. The minimum Gasteiger partial charge on any atom is -0.394 e. The van der Waals surface area contributed by atoms with Crippen LogP contribution in [0.15, 0.2) is 29.1 Å². The van der Waals surface area contributed by atoms with Crippen LogP contribution < -0.4 is 10.9 Å². The van der Waals surface area contributed by atoms with Gasteiger partial charge in [-0.2, -0.15) is 0 Å². The molecular formula is C18H22N2O6. The maximum absolute atomic E-state index is 12.2. The molecule has 1 heterocycles. The molecule has 1 fully saturated rings. The molecule has 3 rings (SSSR count). The van der Waals surface area contributed by atoms with E-state index in [4.69, 9.17) is 6.52 Å². The topological polar surface area (TPSA) is 143 Å². The molecule has 0 bridgehead atoms. The van der Waals surface area contributed by atoms with Crippen molar-refractivity contribution in [2.45, 2.75) is 43.1 Å². The fourth-order valence-electron chi connectivity index (χ4n) is 2.88. The molecule has 1 aliphatic carbocycles. The Morgan fingerprint density at radius 3 is 2.62 bits per heavy atom. The Morgan fingerprint density at radius 2 is 2.00 bits per heavy atom. The Morgan fingerprint density at radius 1 is 1.27 bits per heavy atom. The van der Waals surface area contributed by atoms with Crippen LogP contribution in [-0.2, 0) is 4.79 Å². The van der Waals surface area contributed by atoms with Gasteiger partial charge in [0.1, 0.15) is 30.6 Å². The third-order valence-electron chi connectivity index (χ3n) is 4.59. The van der Waals surface area contributed by atoms with Crippen LogP contribution in [-0.4, -0.2) is 62.7 Å². The molecule has 26 heavy (non-hydrogen) atoms. The molecule has 6 N–H and O–H groups in total. The largest absolute Gasteiger partial charge is 0.394 e. The third-order valence-corrected chi connectivity index (χ3v) is 4.59. The number of aliphatic hydroxyl groups excluding tert-OH is 4. The Balaban J connectivity index is 1.89. The maximum atomic E-state index is 12.2. The van der Waals surface area contributed by atoms with E-state index in [0.717, 1.165) is 23.8 Å². The monoisotopic (exact) mass is 363 g/mol. The van der Waals surface area contributed by atoms with Crippen LogP contribution in [0.2, 0.25) is 1.41 Å². The van der Waals surface area contributed by atoms with Crippen LogP contribution in [0.25, 0.3) is 10.9 Å². The maximum Gasteiger partial charge on any atom is 0.251 e. The average Bonchev–Trinajstić information content (AvgIpc) is 3.51. The molecule has 1 aliphatic rings. The quantitative estimate of drug-likeness (QED) is 0.346. The zero-order valence-electron chi connectivity index (χ0n) is 14.9. The number of carbonyl (C=O) groups excluding carboxylic acids is 1. The van der Waals surface area contributed by atoms with Gasteiger partial charge in [0.05, 0.1) is 12.1 Å². The van der Waals surface area contributed by atoms with Crippen LogP contribution in [0, 0.1) is 0 Å². The first-order valence-corrected chi connectivity index (χ1v) is 8.42. The van der Waals surface area contributed by atoms with E-state index < -0.39 is 31.0 Å². The summed E-state index contributed by atoms with van der Waals surface area (Å²) in [5, 5.41) is 39.7. The molecule has 8 nitrogen and oxygen atoms in total. The van der Waals surface area contributed by atoms with E-state index in [1.54, 1.807) is 12.1 Å². The lowest BCUT2D eigenvalue weighted by Gasteiger charge is -2.26. The highest BCUT2D eigenvalue weighted by atomic mass is 16.4. The first-order chi connectivity index (χ1) is 12.9. The van der Waals surface area contributed by atoms with Gasteiger partial charge in [-0.15, -0.1) is 0 Å². The Bertz CT molecular complexity index is 884. The van der Waals surface area contributed by atoms with Crippen LogP contribution in [0.1, 0.15) is 24.3 Å². The van der Waals surface area contributed by atoms with E-state index in [1.165, 1.54) is 6.07 Å². The summed E-state index contributed by atoms with van der Waals surface area (Å²) in [6.07, 6.45) is -2.99. The molecule has 0 spiro atoms. The standard InChI is InChI=1S/C18H22N2O6/c21-7-14(16(24)17(25)15(23)8-22)19-11-4-3-10-5-12(9-1-2-9)18(26)20-13(10)6-11/h3-7,9,14-17,19,22-25H,1-2,8H2,(H,20,26)/t14-,15+,16+,17+/m0/s1/i/hD. The van der Waals surface area contributed by atoms with Gasteiger partial charge in [0, 0.05) is 11.3 Å². The van der Waals surface area contributed by atoms with Crippen molar-refractivity contribution in [1.82, 2.24) is 4.98 Å². The zero-order valence-corrected chi connectivity index (χ0v) is 13.9. The van der Waals surface area contributed by atoms with Crippen molar-refractivity contribution in [1.29, 1.82) is 0 Å². The fourth-order valence-corrected chi connectivity index (χ4v) is 2.88. The number of aromatic amines is 1. The van der Waals surface area contributed by atoms with E-state index in [1.807, 2.05) is 6.07 Å². The van der Waals surface area contributed by atoms with Gasteiger partial charge in [-0.25, -0.2) is 0 Å². The van der Waals surface area contributed by atoms with Gasteiger partial charge in [-0.3, -0.25) is 4.79 Å². The van der Waals surface area contributed by atoms with Gasteiger partial charge in [0.2, 0.25) is 0 Å². The summed E-state index contributed by atoms with van der Waals surface area (Å²) < 4.78 is 8.14. The minimum atomic E-state index is -1.81.